The van der Waals surface area contributed by atoms with Crippen LogP contribution in [0.3, 0.4) is 0 Å². The van der Waals surface area contributed by atoms with Gasteiger partial charge in [-0.05, 0) is 31.5 Å². The fourth-order valence-corrected chi connectivity index (χ4v) is 3.68. The number of hydrogen-bond donors (Lipinski definition) is 2. The van der Waals surface area contributed by atoms with Gasteiger partial charge in [0.25, 0.3) is 5.91 Å². The molecule has 8 heteroatoms. The number of amides is 1. The number of nitrogens with one attached hydrogen (secondary N) is 2. The van der Waals surface area contributed by atoms with Gasteiger partial charge in [0.05, 0.1) is 12.7 Å². The number of methoxy groups -OCH3 is 1. The Hall–Kier alpha value is -3.13. The van der Waals surface area contributed by atoms with E-state index >= 15 is 0 Å². The molecule has 0 fully saturated rings. The van der Waals surface area contributed by atoms with E-state index in [-0.39, 0.29) is 5.69 Å². The van der Waals surface area contributed by atoms with Crippen LogP contribution in [0.15, 0.2) is 30.3 Å². The standard InChI is InChI=1S/C19H18N2O5S/c1-10-11(2)27-17(16(10)19(24)25-3)21-15(22)9-26-18(23)14-8-12-6-4-5-7-13(12)20-14/h4-8,20H,9H2,1-3H3,(H,21,22). The number of aromatic nitrogens is 1. The van der Waals surface area contributed by atoms with Crippen LogP contribution < -0.4 is 5.32 Å². The Labute approximate surface area is 159 Å². The minimum Gasteiger partial charge on any atom is -0.465 e. The van der Waals surface area contributed by atoms with Crippen molar-refractivity contribution >= 4 is 45.1 Å². The van der Waals surface area contributed by atoms with Crippen LogP contribution in [0, 0.1) is 13.8 Å². The monoisotopic (exact) mass is 386 g/mol. The second-order valence-electron chi connectivity index (χ2n) is 5.87. The SMILES string of the molecule is COC(=O)c1c(NC(=O)COC(=O)c2cc3ccccc3[nH]2)sc(C)c1C. The van der Waals surface area contributed by atoms with Gasteiger partial charge in [-0.2, -0.15) is 0 Å². The van der Waals surface area contributed by atoms with Crippen LogP contribution in [0.5, 0.6) is 0 Å². The van der Waals surface area contributed by atoms with E-state index in [1.54, 1.807) is 13.0 Å². The predicted molar refractivity (Wildman–Crippen MR) is 102 cm³/mol. The van der Waals surface area contributed by atoms with Gasteiger partial charge in [-0.15, -0.1) is 11.3 Å². The Morgan fingerprint density at radius 1 is 1.15 bits per heavy atom. The van der Waals surface area contributed by atoms with Crippen LogP contribution in [-0.4, -0.2) is 36.5 Å². The van der Waals surface area contributed by atoms with Crippen LogP contribution in [-0.2, 0) is 14.3 Å². The first kappa shape index (κ1) is 18.7. The zero-order chi connectivity index (χ0) is 19.6. The Balaban J connectivity index is 1.65. The van der Waals surface area contributed by atoms with Gasteiger partial charge in [0.1, 0.15) is 10.7 Å². The van der Waals surface area contributed by atoms with E-state index in [0.717, 1.165) is 21.3 Å². The Kier molecular flexibility index (Phi) is 5.27. The number of anilines is 1. The van der Waals surface area contributed by atoms with Gasteiger partial charge in [0.15, 0.2) is 6.61 Å². The van der Waals surface area contributed by atoms with E-state index in [2.05, 4.69) is 10.3 Å². The molecule has 2 N–H and O–H groups in total. The quantitative estimate of drug-likeness (QED) is 0.655. The Morgan fingerprint density at radius 3 is 2.59 bits per heavy atom. The second kappa shape index (κ2) is 7.63. The molecule has 1 amide bonds. The highest BCUT2D eigenvalue weighted by molar-refractivity contribution is 7.16. The summed E-state index contributed by atoms with van der Waals surface area (Å²) in [6.45, 7) is 3.16. The number of thiophene rings is 1. The first-order chi connectivity index (χ1) is 12.9. The highest BCUT2D eigenvalue weighted by Crippen LogP contribution is 2.32. The summed E-state index contributed by atoms with van der Waals surface area (Å²) in [5.41, 5.74) is 2.13. The summed E-state index contributed by atoms with van der Waals surface area (Å²) in [6, 6.07) is 9.09. The van der Waals surface area contributed by atoms with Crippen molar-refractivity contribution in [2.24, 2.45) is 0 Å². The van der Waals surface area contributed by atoms with E-state index < -0.39 is 24.5 Å². The molecule has 27 heavy (non-hydrogen) atoms. The van der Waals surface area contributed by atoms with Gasteiger partial charge in [-0.3, -0.25) is 4.79 Å². The summed E-state index contributed by atoms with van der Waals surface area (Å²) in [5.74, 6) is -1.69. The summed E-state index contributed by atoms with van der Waals surface area (Å²) in [6.07, 6.45) is 0. The van der Waals surface area contributed by atoms with Crippen molar-refractivity contribution < 1.29 is 23.9 Å². The molecule has 1 aromatic carbocycles. The Bertz CT molecular complexity index is 1000. The van der Waals surface area contributed by atoms with Gasteiger partial charge >= 0.3 is 11.9 Å². The van der Waals surface area contributed by atoms with Crippen molar-refractivity contribution in [2.75, 3.05) is 19.0 Å². The zero-order valence-corrected chi connectivity index (χ0v) is 15.9. The van der Waals surface area contributed by atoms with Crippen LogP contribution in [0.2, 0.25) is 0 Å². The average molecular weight is 386 g/mol. The number of ether oxygens (including phenoxy) is 2. The predicted octanol–water partition coefficient (Wildman–Crippen LogP) is 3.43. The number of para-hydroxylation sites is 1. The lowest BCUT2D eigenvalue weighted by molar-refractivity contribution is -0.119. The van der Waals surface area contributed by atoms with Gasteiger partial charge in [0.2, 0.25) is 0 Å². The van der Waals surface area contributed by atoms with Gasteiger partial charge in [0, 0.05) is 15.8 Å². The molecule has 0 radical (unpaired) electrons. The highest BCUT2D eigenvalue weighted by atomic mass is 32.1. The summed E-state index contributed by atoms with van der Waals surface area (Å²) in [7, 11) is 1.28. The highest BCUT2D eigenvalue weighted by Gasteiger charge is 2.22. The molecule has 0 aliphatic heterocycles. The molecule has 2 heterocycles. The van der Waals surface area contributed by atoms with Gasteiger partial charge in [-0.25, -0.2) is 9.59 Å². The third-order valence-electron chi connectivity index (χ3n) is 4.11. The van der Waals surface area contributed by atoms with Crippen LogP contribution in [0.1, 0.15) is 31.3 Å². The number of benzene rings is 1. The summed E-state index contributed by atoms with van der Waals surface area (Å²) < 4.78 is 9.83. The second-order valence-corrected chi connectivity index (χ2v) is 7.10. The average Bonchev–Trinajstić information content (AvgIpc) is 3.20. The van der Waals surface area contributed by atoms with Crippen molar-refractivity contribution in [3.8, 4) is 0 Å². The normalized spacial score (nSPS) is 10.6. The molecule has 3 aromatic rings. The number of rotatable bonds is 5. The van der Waals surface area contributed by atoms with E-state index in [1.807, 2.05) is 31.2 Å². The number of esters is 2. The molecule has 140 valence electrons. The molecule has 0 saturated carbocycles. The number of H-pyrrole nitrogens is 1. The minimum absolute atomic E-state index is 0.266. The van der Waals surface area contributed by atoms with E-state index in [9.17, 15) is 14.4 Å². The fraction of sp³-hybridized carbons (Fsp3) is 0.211. The number of aryl methyl sites for hydroxylation is 1. The number of aromatic amines is 1. The van der Waals surface area contributed by atoms with Crippen LogP contribution >= 0.6 is 11.3 Å². The van der Waals surface area contributed by atoms with Crippen molar-refractivity contribution in [3.05, 3.63) is 52.0 Å². The lowest BCUT2D eigenvalue weighted by Gasteiger charge is -2.06. The molecule has 0 saturated heterocycles. The molecule has 0 unspecified atom stereocenters. The molecule has 3 rings (SSSR count). The number of fused-ring (bicyclic) bond motifs is 1. The molecular weight excluding hydrogens is 368 g/mol. The Morgan fingerprint density at radius 2 is 1.89 bits per heavy atom. The van der Waals surface area contributed by atoms with Crippen LogP contribution in [0.25, 0.3) is 10.9 Å². The van der Waals surface area contributed by atoms with E-state index in [4.69, 9.17) is 9.47 Å². The molecule has 0 aliphatic carbocycles. The molecule has 0 spiro atoms. The van der Waals surface area contributed by atoms with Crippen molar-refractivity contribution in [3.63, 3.8) is 0 Å². The number of carbonyl (C=O) groups excluding carboxylic acids is 3. The van der Waals surface area contributed by atoms with E-state index in [0.29, 0.717) is 10.6 Å². The van der Waals surface area contributed by atoms with Crippen molar-refractivity contribution in [1.82, 2.24) is 4.98 Å². The maximum absolute atomic E-state index is 12.2. The molecule has 0 bridgehead atoms. The first-order valence-corrected chi connectivity index (χ1v) is 8.95. The summed E-state index contributed by atoms with van der Waals surface area (Å²) in [4.78, 5) is 40.1. The van der Waals surface area contributed by atoms with E-state index in [1.165, 1.54) is 18.4 Å². The third-order valence-corrected chi connectivity index (χ3v) is 5.23. The first-order valence-electron chi connectivity index (χ1n) is 8.13. The van der Waals surface area contributed by atoms with Crippen molar-refractivity contribution in [1.29, 1.82) is 0 Å². The van der Waals surface area contributed by atoms with Crippen LogP contribution in [0.4, 0.5) is 5.00 Å². The lowest BCUT2D eigenvalue weighted by Crippen LogP contribution is -2.21. The lowest BCUT2D eigenvalue weighted by atomic mass is 10.1. The minimum atomic E-state index is -0.631. The summed E-state index contributed by atoms with van der Waals surface area (Å²) >= 11 is 1.27. The molecule has 0 atom stereocenters. The molecule has 0 aliphatic rings. The zero-order valence-electron chi connectivity index (χ0n) is 15.0. The molecular formula is C19H18N2O5S. The number of carbonyl (C=O) groups is 3. The molecule has 2 aromatic heterocycles. The van der Waals surface area contributed by atoms with Gasteiger partial charge < -0.3 is 19.8 Å². The summed E-state index contributed by atoms with van der Waals surface area (Å²) in [5, 5.41) is 3.87. The van der Waals surface area contributed by atoms with Gasteiger partial charge in [-0.1, -0.05) is 18.2 Å². The smallest absolute Gasteiger partial charge is 0.355 e. The maximum atomic E-state index is 12.2. The largest absolute Gasteiger partial charge is 0.465 e. The maximum Gasteiger partial charge on any atom is 0.355 e. The third kappa shape index (κ3) is 3.85. The van der Waals surface area contributed by atoms with Crippen molar-refractivity contribution in [2.45, 2.75) is 13.8 Å². The topological polar surface area (TPSA) is 97.5 Å². The molecule has 7 nitrogen and oxygen atoms in total. The fourth-order valence-electron chi connectivity index (χ4n) is 2.62. The number of hydrogen-bond acceptors (Lipinski definition) is 6.